The zero-order valence-electron chi connectivity index (χ0n) is 8.66. The first-order chi connectivity index (χ1) is 7.11. The molecule has 0 aliphatic carbocycles. The molecule has 0 aliphatic rings. The largest absolute Gasteiger partial charge is 0.393 e. The van der Waals surface area contributed by atoms with Crippen LogP contribution in [0.3, 0.4) is 0 Å². The number of aliphatic hydroxyl groups excluding tert-OH is 1. The van der Waals surface area contributed by atoms with Crippen LogP contribution >= 0.6 is 11.6 Å². The number of rotatable bonds is 5. The van der Waals surface area contributed by atoms with Gasteiger partial charge in [-0.25, -0.2) is 0 Å². The van der Waals surface area contributed by atoms with Gasteiger partial charge < -0.3 is 15.7 Å². The van der Waals surface area contributed by atoms with Crippen LogP contribution in [0.5, 0.6) is 0 Å². The van der Waals surface area contributed by atoms with Crippen LogP contribution in [-0.2, 0) is 0 Å². The summed E-state index contributed by atoms with van der Waals surface area (Å²) in [5, 5.41) is 14.9. The summed E-state index contributed by atoms with van der Waals surface area (Å²) in [6.45, 7) is 2.31. The lowest BCUT2D eigenvalue weighted by atomic mass is 10.3. The molecule has 0 aromatic carbocycles. The van der Waals surface area contributed by atoms with E-state index >= 15 is 0 Å². The van der Waals surface area contributed by atoms with Crippen LogP contribution in [0.1, 0.15) is 13.3 Å². The maximum absolute atomic E-state index is 9.05. The highest BCUT2D eigenvalue weighted by Crippen LogP contribution is 2.08. The van der Waals surface area contributed by atoms with E-state index in [1.54, 1.807) is 14.0 Å². The maximum atomic E-state index is 9.05. The molecule has 0 bridgehead atoms. The van der Waals surface area contributed by atoms with Crippen LogP contribution in [0, 0.1) is 0 Å². The van der Waals surface area contributed by atoms with Gasteiger partial charge in [0.1, 0.15) is 0 Å². The third-order valence-electron chi connectivity index (χ3n) is 1.68. The molecule has 1 rings (SSSR count). The van der Waals surface area contributed by atoms with E-state index in [1.165, 1.54) is 0 Å². The van der Waals surface area contributed by atoms with Crippen molar-refractivity contribution < 1.29 is 5.11 Å². The Morgan fingerprint density at radius 1 is 1.33 bits per heavy atom. The van der Waals surface area contributed by atoms with E-state index in [4.69, 9.17) is 16.7 Å². The van der Waals surface area contributed by atoms with Crippen molar-refractivity contribution in [2.24, 2.45) is 0 Å². The summed E-state index contributed by atoms with van der Waals surface area (Å²) in [6, 6.07) is 0. The number of aromatic nitrogens is 3. The Morgan fingerprint density at radius 3 is 2.60 bits per heavy atom. The zero-order valence-corrected chi connectivity index (χ0v) is 9.41. The van der Waals surface area contributed by atoms with Gasteiger partial charge >= 0.3 is 0 Å². The van der Waals surface area contributed by atoms with Crippen molar-refractivity contribution >= 4 is 23.5 Å². The Kier molecular flexibility index (Phi) is 4.51. The second-order valence-electron chi connectivity index (χ2n) is 3.07. The van der Waals surface area contributed by atoms with Crippen molar-refractivity contribution in [3.8, 4) is 0 Å². The summed E-state index contributed by atoms with van der Waals surface area (Å²) in [5.74, 6) is 0.814. The lowest BCUT2D eigenvalue weighted by Gasteiger charge is -2.07. The SMILES string of the molecule is CNc1nc(Cl)nc(NCCC(C)O)n1. The molecule has 1 aromatic heterocycles. The topological polar surface area (TPSA) is 83.0 Å². The standard InChI is InChI=1S/C8H14ClN5O/c1-5(15)3-4-11-8-13-6(9)12-7(10-2)14-8/h5,15H,3-4H2,1-2H3,(H2,10,11,12,13,14). The van der Waals surface area contributed by atoms with E-state index in [-0.39, 0.29) is 11.4 Å². The normalized spacial score (nSPS) is 12.3. The molecule has 0 saturated heterocycles. The lowest BCUT2D eigenvalue weighted by Crippen LogP contribution is -2.12. The predicted octanol–water partition coefficient (Wildman–Crippen LogP) is 0.749. The second kappa shape index (κ2) is 5.67. The molecular weight excluding hydrogens is 218 g/mol. The first-order valence-corrected chi connectivity index (χ1v) is 5.01. The van der Waals surface area contributed by atoms with Crippen LogP contribution in [0.2, 0.25) is 5.28 Å². The summed E-state index contributed by atoms with van der Waals surface area (Å²) in [5.41, 5.74) is 0. The summed E-state index contributed by atoms with van der Waals surface area (Å²) >= 11 is 5.68. The highest BCUT2D eigenvalue weighted by Gasteiger charge is 2.03. The molecule has 0 spiro atoms. The summed E-state index contributed by atoms with van der Waals surface area (Å²) in [4.78, 5) is 11.8. The third kappa shape index (κ3) is 4.26. The fraction of sp³-hybridized carbons (Fsp3) is 0.625. The van der Waals surface area contributed by atoms with E-state index in [9.17, 15) is 0 Å². The number of nitrogens with zero attached hydrogens (tertiary/aromatic N) is 3. The summed E-state index contributed by atoms with van der Waals surface area (Å²) < 4.78 is 0. The molecule has 7 heteroatoms. The fourth-order valence-electron chi connectivity index (χ4n) is 0.934. The highest BCUT2D eigenvalue weighted by molar-refractivity contribution is 6.28. The first-order valence-electron chi connectivity index (χ1n) is 4.63. The van der Waals surface area contributed by atoms with E-state index < -0.39 is 0 Å². The predicted molar refractivity (Wildman–Crippen MR) is 59.2 cm³/mol. The second-order valence-corrected chi connectivity index (χ2v) is 3.40. The molecule has 1 aromatic rings. The number of hydrogen-bond acceptors (Lipinski definition) is 6. The van der Waals surface area contributed by atoms with Gasteiger partial charge in [-0.15, -0.1) is 0 Å². The minimum atomic E-state index is -0.349. The van der Waals surface area contributed by atoms with Crippen molar-refractivity contribution in [2.45, 2.75) is 19.4 Å². The van der Waals surface area contributed by atoms with Gasteiger partial charge in [0.2, 0.25) is 17.2 Å². The van der Waals surface area contributed by atoms with Gasteiger partial charge in [0, 0.05) is 13.6 Å². The average molecular weight is 232 g/mol. The van der Waals surface area contributed by atoms with Gasteiger partial charge in [0.25, 0.3) is 0 Å². The van der Waals surface area contributed by atoms with Crippen LogP contribution in [-0.4, -0.2) is 39.8 Å². The molecule has 1 heterocycles. The molecular formula is C8H14ClN5O. The Morgan fingerprint density at radius 2 is 2.00 bits per heavy atom. The Hall–Kier alpha value is -1.14. The van der Waals surface area contributed by atoms with Crippen LogP contribution in [0.25, 0.3) is 0 Å². The molecule has 1 unspecified atom stereocenters. The Labute approximate surface area is 93.1 Å². The molecule has 0 radical (unpaired) electrons. The molecule has 3 N–H and O–H groups in total. The fourth-order valence-corrected chi connectivity index (χ4v) is 1.09. The Balaban J connectivity index is 2.56. The molecule has 0 saturated carbocycles. The minimum Gasteiger partial charge on any atom is -0.393 e. The van der Waals surface area contributed by atoms with Crippen molar-refractivity contribution in [3.63, 3.8) is 0 Å². The zero-order chi connectivity index (χ0) is 11.3. The average Bonchev–Trinajstić information content (AvgIpc) is 2.16. The Bertz CT molecular complexity index is 320. The third-order valence-corrected chi connectivity index (χ3v) is 1.85. The van der Waals surface area contributed by atoms with E-state index in [2.05, 4.69) is 25.6 Å². The van der Waals surface area contributed by atoms with Crippen molar-refractivity contribution in [1.29, 1.82) is 0 Å². The molecule has 1 atom stereocenters. The highest BCUT2D eigenvalue weighted by atomic mass is 35.5. The molecule has 0 aliphatic heterocycles. The van der Waals surface area contributed by atoms with Crippen molar-refractivity contribution in [1.82, 2.24) is 15.0 Å². The number of halogens is 1. The quantitative estimate of drug-likeness (QED) is 0.694. The molecule has 0 fully saturated rings. The summed E-state index contributed by atoms with van der Waals surface area (Å²) in [7, 11) is 1.70. The van der Waals surface area contributed by atoms with Crippen molar-refractivity contribution in [3.05, 3.63) is 5.28 Å². The molecule has 15 heavy (non-hydrogen) atoms. The number of nitrogens with one attached hydrogen (secondary N) is 2. The smallest absolute Gasteiger partial charge is 0.228 e. The van der Waals surface area contributed by atoms with Gasteiger partial charge in [-0.3, -0.25) is 0 Å². The maximum Gasteiger partial charge on any atom is 0.228 e. The summed E-state index contributed by atoms with van der Waals surface area (Å²) in [6.07, 6.45) is 0.275. The van der Waals surface area contributed by atoms with E-state index in [0.717, 1.165) is 0 Å². The van der Waals surface area contributed by atoms with Gasteiger partial charge in [0.05, 0.1) is 6.10 Å². The van der Waals surface area contributed by atoms with Gasteiger partial charge in [-0.2, -0.15) is 15.0 Å². The van der Waals surface area contributed by atoms with Gasteiger partial charge in [0.15, 0.2) is 0 Å². The molecule has 84 valence electrons. The number of hydrogen-bond donors (Lipinski definition) is 3. The minimum absolute atomic E-state index is 0.133. The van der Waals surface area contributed by atoms with E-state index in [0.29, 0.717) is 24.9 Å². The van der Waals surface area contributed by atoms with Crippen LogP contribution in [0.4, 0.5) is 11.9 Å². The van der Waals surface area contributed by atoms with Gasteiger partial charge in [-0.1, -0.05) is 0 Å². The monoisotopic (exact) mass is 231 g/mol. The number of aliphatic hydroxyl groups is 1. The van der Waals surface area contributed by atoms with E-state index in [1.807, 2.05) is 0 Å². The van der Waals surface area contributed by atoms with Gasteiger partial charge in [-0.05, 0) is 24.9 Å². The van der Waals surface area contributed by atoms with Crippen LogP contribution in [0.15, 0.2) is 0 Å². The number of anilines is 2. The van der Waals surface area contributed by atoms with Crippen LogP contribution < -0.4 is 10.6 Å². The molecule has 0 amide bonds. The lowest BCUT2D eigenvalue weighted by molar-refractivity contribution is 0.188. The van der Waals surface area contributed by atoms with Crippen molar-refractivity contribution in [2.75, 3.05) is 24.2 Å². The first kappa shape index (κ1) is 11.9. The molecule has 6 nitrogen and oxygen atoms in total.